The van der Waals surface area contributed by atoms with Crippen LogP contribution in [0.25, 0.3) is 6.08 Å². The summed E-state index contributed by atoms with van der Waals surface area (Å²) in [4.78, 5) is 0. The Kier molecular flexibility index (Phi) is 3.83. The predicted octanol–water partition coefficient (Wildman–Crippen LogP) is 2.16. The van der Waals surface area contributed by atoms with Crippen LogP contribution in [0.3, 0.4) is 0 Å². The molecule has 6 heteroatoms. The lowest BCUT2D eigenvalue weighted by molar-refractivity contribution is 0.581. The zero-order valence-electron chi connectivity index (χ0n) is 8.82. The summed E-state index contributed by atoms with van der Waals surface area (Å²) in [6, 6.07) is 3.12. The van der Waals surface area contributed by atoms with E-state index in [1.807, 2.05) is 0 Å². The fourth-order valence-corrected chi connectivity index (χ4v) is 4.75. The molecule has 1 fully saturated rings. The molecule has 17 heavy (non-hydrogen) atoms. The van der Waals surface area contributed by atoms with Crippen molar-refractivity contribution in [3.63, 3.8) is 0 Å². The SMILES string of the molecule is O=[S@@]1CCC[S@@](=O)C1=Cc1ccc(F)cc1F. The molecule has 0 radical (unpaired) electrons. The minimum atomic E-state index is -1.32. The number of hydrogen-bond donors (Lipinski definition) is 0. The molecule has 0 spiro atoms. The molecule has 92 valence electrons. The van der Waals surface area contributed by atoms with Gasteiger partial charge in [0, 0.05) is 23.1 Å². The molecule has 0 saturated carbocycles. The van der Waals surface area contributed by atoms with E-state index >= 15 is 0 Å². The van der Waals surface area contributed by atoms with Crippen LogP contribution < -0.4 is 0 Å². The molecule has 0 aromatic heterocycles. The standard InChI is InChI=1S/C11H10F2O2S2/c12-9-3-2-8(10(13)7-9)6-11-16(14)4-1-5-17(11)15/h2-3,6-7H,1,4-5H2/t16-,17-/m1/s1. The Morgan fingerprint density at radius 1 is 1.12 bits per heavy atom. The van der Waals surface area contributed by atoms with Gasteiger partial charge < -0.3 is 0 Å². The van der Waals surface area contributed by atoms with Crippen LogP contribution in [0.5, 0.6) is 0 Å². The van der Waals surface area contributed by atoms with E-state index in [9.17, 15) is 17.2 Å². The molecule has 0 bridgehead atoms. The van der Waals surface area contributed by atoms with Crippen LogP contribution in [0, 0.1) is 11.6 Å². The molecule has 1 aliphatic rings. The highest BCUT2D eigenvalue weighted by atomic mass is 32.2. The smallest absolute Gasteiger partial charge is 0.133 e. The average molecular weight is 276 g/mol. The van der Waals surface area contributed by atoms with Crippen molar-refractivity contribution in [1.82, 2.24) is 0 Å². The average Bonchev–Trinajstić information content (AvgIpc) is 2.26. The van der Waals surface area contributed by atoms with E-state index in [4.69, 9.17) is 0 Å². The van der Waals surface area contributed by atoms with Crippen molar-refractivity contribution < 1.29 is 17.2 Å². The highest BCUT2D eigenvalue weighted by Crippen LogP contribution is 2.21. The lowest BCUT2D eigenvalue weighted by Gasteiger charge is -2.13. The molecule has 2 atom stereocenters. The Morgan fingerprint density at radius 2 is 1.76 bits per heavy atom. The van der Waals surface area contributed by atoms with Crippen LogP contribution in [0.1, 0.15) is 12.0 Å². The minimum Gasteiger partial charge on any atom is -0.254 e. The number of rotatable bonds is 1. The van der Waals surface area contributed by atoms with Gasteiger partial charge in [-0.15, -0.1) is 0 Å². The van der Waals surface area contributed by atoms with Crippen molar-refractivity contribution >= 4 is 27.7 Å². The van der Waals surface area contributed by atoms with Crippen LogP contribution in [-0.4, -0.2) is 19.9 Å². The third-order valence-electron chi connectivity index (χ3n) is 2.34. The van der Waals surface area contributed by atoms with E-state index in [0.29, 0.717) is 17.9 Å². The van der Waals surface area contributed by atoms with Gasteiger partial charge in [-0.3, -0.25) is 8.42 Å². The maximum absolute atomic E-state index is 13.4. The van der Waals surface area contributed by atoms with Gasteiger partial charge in [-0.25, -0.2) is 8.78 Å². The van der Waals surface area contributed by atoms with E-state index in [2.05, 4.69) is 0 Å². The molecule has 1 aromatic rings. The van der Waals surface area contributed by atoms with Crippen LogP contribution in [0.15, 0.2) is 22.4 Å². The molecule has 0 unspecified atom stereocenters. The summed E-state index contributed by atoms with van der Waals surface area (Å²) in [7, 11) is -2.64. The number of benzene rings is 1. The number of halogens is 2. The summed E-state index contributed by atoms with van der Waals surface area (Å²) in [5, 5.41) is 0. The Balaban J connectivity index is 2.40. The second-order valence-corrected chi connectivity index (χ2v) is 6.92. The van der Waals surface area contributed by atoms with Crippen molar-refractivity contribution in [1.29, 1.82) is 0 Å². The molecule has 0 amide bonds. The summed E-state index contributed by atoms with van der Waals surface area (Å²) in [5.74, 6) is -0.520. The van der Waals surface area contributed by atoms with Gasteiger partial charge in [0.15, 0.2) is 0 Å². The van der Waals surface area contributed by atoms with E-state index in [0.717, 1.165) is 12.1 Å². The molecule has 1 aromatic carbocycles. The zero-order valence-corrected chi connectivity index (χ0v) is 10.5. The monoisotopic (exact) mass is 276 g/mol. The lowest BCUT2D eigenvalue weighted by atomic mass is 10.2. The van der Waals surface area contributed by atoms with Crippen molar-refractivity contribution in [3.05, 3.63) is 39.6 Å². The molecule has 1 heterocycles. The molecule has 0 N–H and O–H groups in total. The van der Waals surface area contributed by atoms with Crippen molar-refractivity contribution in [2.24, 2.45) is 0 Å². The van der Waals surface area contributed by atoms with Crippen LogP contribution in [0.4, 0.5) is 8.78 Å². The van der Waals surface area contributed by atoms with E-state index in [1.54, 1.807) is 0 Å². The fourth-order valence-electron chi connectivity index (χ4n) is 1.50. The van der Waals surface area contributed by atoms with Gasteiger partial charge in [-0.1, -0.05) is 0 Å². The predicted molar refractivity (Wildman–Crippen MR) is 65.0 cm³/mol. The first-order valence-corrected chi connectivity index (χ1v) is 7.65. The quantitative estimate of drug-likeness (QED) is 0.787. The van der Waals surface area contributed by atoms with Gasteiger partial charge >= 0.3 is 0 Å². The third-order valence-corrected chi connectivity index (χ3v) is 5.91. The first-order chi connectivity index (χ1) is 8.08. The summed E-state index contributed by atoms with van der Waals surface area (Å²) in [6.45, 7) is 0. The summed E-state index contributed by atoms with van der Waals surface area (Å²) in [6.07, 6.45) is 1.95. The maximum atomic E-state index is 13.4. The molecule has 1 aliphatic heterocycles. The normalized spacial score (nSPS) is 24.7. The molecular formula is C11H10F2O2S2. The highest BCUT2D eigenvalue weighted by Gasteiger charge is 2.21. The summed E-state index contributed by atoms with van der Waals surface area (Å²) in [5.41, 5.74) is 0.116. The Hall–Kier alpha value is -0.880. The molecule has 1 saturated heterocycles. The summed E-state index contributed by atoms with van der Waals surface area (Å²) < 4.78 is 49.6. The third kappa shape index (κ3) is 2.87. The van der Waals surface area contributed by atoms with Crippen LogP contribution in [0.2, 0.25) is 0 Å². The van der Waals surface area contributed by atoms with Gasteiger partial charge in [-0.05, 0) is 24.6 Å². The summed E-state index contributed by atoms with van der Waals surface area (Å²) >= 11 is 0. The molecule has 2 rings (SSSR count). The van der Waals surface area contributed by atoms with Crippen molar-refractivity contribution in [3.8, 4) is 0 Å². The molecule has 0 aliphatic carbocycles. The largest absolute Gasteiger partial charge is 0.254 e. The van der Waals surface area contributed by atoms with Gasteiger partial charge in [0.25, 0.3) is 0 Å². The number of hydrogen-bond acceptors (Lipinski definition) is 2. The first kappa shape index (κ1) is 12.6. The Bertz CT molecular complexity index is 508. The fraction of sp³-hybridized carbons (Fsp3) is 0.273. The maximum Gasteiger partial charge on any atom is 0.133 e. The zero-order chi connectivity index (χ0) is 12.4. The first-order valence-electron chi connectivity index (χ1n) is 5.01. The van der Waals surface area contributed by atoms with E-state index in [1.165, 1.54) is 12.1 Å². The van der Waals surface area contributed by atoms with Gasteiger partial charge in [0.05, 0.1) is 21.6 Å². The second kappa shape index (κ2) is 5.18. The van der Waals surface area contributed by atoms with E-state index < -0.39 is 33.2 Å². The van der Waals surface area contributed by atoms with Gasteiger partial charge in [0.1, 0.15) is 15.9 Å². The van der Waals surface area contributed by atoms with Gasteiger partial charge in [-0.2, -0.15) is 0 Å². The van der Waals surface area contributed by atoms with Crippen LogP contribution in [-0.2, 0) is 21.6 Å². The Labute approximate surface area is 103 Å². The topological polar surface area (TPSA) is 34.1 Å². The lowest BCUT2D eigenvalue weighted by Crippen LogP contribution is -2.17. The van der Waals surface area contributed by atoms with Crippen LogP contribution >= 0.6 is 0 Å². The van der Waals surface area contributed by atoms with Crippen molar-refractivity contribution in [2.45, 2.75) is 6.42 Å². The van der Waals surface area contributed by atoms with Crippen molar-refractivity contribution in [2.75, 3.05) is 11.5 Å². The minimum absolute atomic E-state index is 0.116. The second-order valence-electron chi connectivity index (χ2n) is 3.58. The van der Waals surface area contributed by atoms with E-state index in [-0.39, 0.29) is 9.80 Å². The molecule has 2 nitrogen and oxygen atoms in total. The Morgan fingerprint density at radius 3 is 2.35 bits per heavy atom. The highest BCUT2D eigenvalue weighted by molar-refractivity contribution is 8.09. The molecular weight excluding hydrogens is 266 g/mol. The van der Waals surface area contributed by atoms with Gasteiger partial charge in [0.2, 0.25) is 0 Å².